The topological polar surface area (TPSA) is 100 Å². The standard InChI is InChI=1S/C19H23BrN4O5/c1-21-13-5-3-2-4-12(13)16(17(19(21)26)24(27)28)22-8-10-23(11-9-22)18(25)14-6-7-15(20)29-14/h6-7,12-13H,2-5,8-11H2,1H3. The molecule has 29 heavy (non-hydrogen) atoms. The van der Waals surface area contributed by atoms with Crippen molar-refractivity contribution in [1.29, 1.82) is 0 Å². The number of carbonyl (C=O) groups excluding carboxylic acids is 2. The summed E-state index contributed by atoms with van der Waals surface area (Å²) in [5.74, 6) is -0.464. The minimum Gasteiger partial charge on any atom is -0.444 e. The third-order valence-electron chi connectivity index (χ3n) is 6.22. The van der Waals surface area contributed by atoms with Crippen LogP contribution in [0.25, 0.3) is 0 Å². The van der Waals surface area contributed by atoms with E-state index in [-0.39, 0.29) is 29.3 Å². The van der Waals surface area contributed by atoms with Crippen molar-refractivity contribution in [3.63, 3.8) is 0 Å². The average Bonchev–Trinajstić information content (AvgIpc) is 3.16. The van der Waals surface area contributed by atoms with Gasteiger partial charge < -0.3 is 19.1 Å². The van der Waals surface area contributed by atoms with Crippen LogP contribution in [0.15, 0.2) is 32.6 Å². The molecule has 2 unspecified atom stereocenters. The fraction of sp³-hybridized carbons (Fsp3) is 0.579. The van der Waals surface area contributed by atoms with Crippen LogP contribution in [0.2, 0.25) is 0 Å². The summed E-state index contributed by atoms with van der Waals surface area (Å²) in [5.41, 5.74) is 0.265. The Kier molecular flexibility index (Phi) is 5.37. The van der Waals surface area contributed by atoms with Crippen LogP contribution >= 0.6 is 15.9 Å². The molecule has 1 saturated heterocycles. The molecule has 3 aliphatic rings. The molecule has 0 radical (unpaired) electrons. The van der Waals surface area contributed by atoms with E-state index in [9.17, 15) is 19.7 Å². The summed E-state index contributed by atoms with van der Waals surface area (Å²) in [6.45, 7) is 1.77. The maximum absolute atomic E-state index is 12.8. The Bertz CT molecular complexity index is 874. The fourth-order valence-corrected chi connectivity index (χ4v) is 5.09. The maximum atomic E-state index is 12.8. The number of furan rings is 1. The van der Waals surface area contributed by atoms with E-state index < -0.39 is 10.8 Å². The molecule has 10 heteroatoms. The summed E-state index contributed by atoms with van der Waals surface area (Å²) in [6, 6.07) is 3.30. The minimum absolute atomic E-state index is 0.00933. The number of fused-ring (bicyclic) bond motifs is 1. The Labute approximate surface area is 176 Å². The van der Waals surface area contributed by atoms with Gasteiger partial charge in [-0.15, -0.1) is 0 Å². The predicted octanol–water partition coefficient (Wildman–Crippen LogP) is 2.32. The molecular formula is C19H23BrN4O5. The molecule has 4 rings (SSSR count). The van der Waals surface area contributed by atoms with Crippen molar-refractivity contribution >= 4 is 27.7 Å². The number of piperazine rings is 1. The van der Waals surface area contributed by atoms with Gasteiger partial charge in [0.05, 0.1) is 4.92 Å². The van der Waals surface area contributed by atoms with E-state index in [1.54, 1.807) is 29.0 Å². The zero-order chi connectivity index (χ0) is 20.7. The minimum atomic E-state index is -0.531. The van der Waals surface area contributed by atoms with Gasteiger partial charge in [0, 0.05) is 45.2 Å². The molecule has 1 saturated carbocycles. The van der Waals surface area contributed by atoms with Crippen LogP contribution in [-0.2, 0) is 4.79 Å². The summed E-state index contributed by atoms with van der Waals surface area (Å²) < 4.78 is 5.84. The van der Waals surface area contributed by atoms with E-state index in [4.69, 9.17) is 4.42 Å². The lowest BCUT2D eigenvalue weighted by atomic mass is 9.78. The second-order valence-electron chi connectivity index (χ2n) is 7.75. The van der Waals surface area contributed by atoms with Crippen molar-refractivity contribution in [2.45, 2.75) is 31.7 Å². The summed E-state index contributed by atoms with van der Waals surface area (Å²) in [7, 11) is 1.67. The second kappa shape index (κ2) is 7.81. The van der Waals surface area contributed by atoms with Crippen molar-refractivity contribution in [2.75, 3.05) is 33.2 Å². The number of likely N-dealkylation sites (N-methyl/N-ethyl adjacent to an activating group) is 1. The van der Waals surface area contributed by atoms with Crippen LogP contribution < -0.4 is 0 Å². The lowest BCUT2D eigenvalue weighted by Crippen LogP contribution is -2.56. The van der Waals surface area contributed by atoms with Gasteiger partial charge in [0.1, 0.15) is 5.70 Å². The van der Waals surface area contributed by atoms with Crippen LogP contribution in [0.1, 0.15) is 36.2 Å². The van der Waals surface area contributed by atoms with E-state index in [0.29, 0.717) is 36.5 Å². The highest BCUT2D eigenvalue weighted by Gasteiger charge is 2.48. The quantitative estimate of drug-likeness (QED) is 0.500. The van der Waals surface area contributed by atoms with Crippen LogP contribution in [0.4, 0.5) is 0 Å². The smallest absolute Gasteiger partial charge is 0.352 e. The monoisotopic (exact) mass is 466 g/mol. The Morgan fingerprint density at radius 1 is 1.21 bits per heavy atom. The van der Waals surface area contributed by atoms with E-state index in [2.05, 4.69) is 15.9 Å². The van der Waals surface area contributed by atoms with Crippen LogP contribution in [-0.4, -0.2) is 70.7 Å². The fourth-order valence-electron chi connectivity index (χ4n) is 4.79. The summed E-state index contributed by atoms with van der Waals surface area (Å²) in [6.07, 6.45) is 3.74. The van der Waals surface area contributed by atoms with Crippen molar-refractivity contribution in [1.82, 2.24) is 14.7 Å². The van der Waals surface area contributed by atoms with E-state index in [0.717, 1.165) is 25.7 Å². The molecule has 1 aromatic rings. The molecule has 0 N–H and O–H groups in total. The average molecular weight is 467 g/mol. The first-order valence-corrected chi connectivity index (χ1v) is 10.6. The van der Waals surface area contributed by atoms with Gasteiger partial charge in [-0.05, 0) is 40.9 Å². The lowest BCUT2D eigenvalue weighted by Gasteiger charge is -2.46. The Morgan fingerprint density at radius 2 is 1.90 bits per heavy atom. The highest BCUT2D eigenvalue weighted by molar-refractivity contribution is 9.10. The highest BCUT2D eigenvalue weighted by Crippen LogP contribution is 2.40. The number of hydrogen-bond acceptors (Lipinski definition) is 6. The Morgan fingerprint density at radius 3 is 2.52 bits per heavy atom. The molecule has 0 bridgehead atoms. The third kappa shape index (κ3) is 3.54. The van der Waals surface area contributed by atoms with Crippen LogP contribution in [0.3, 0.4) is 0 Å². The molecule has 9 nitrogen and oxygen atoms in total. The Hall–Kier alpha value is -2.36. The Balaban J connectivity index is 1.57. The maximum Gasteiger partial charge on any atom is 0.352 e. The number of rotatable bonds is 3. The first kappa shape index (κ1) is 19.9. The molecule has 0 aromatic carbocycles. The second-order valence-corrected chi connectivity index (χ2v) is 8.53. The molecule has 156 valence electrons. The molecule has 2 amide bonds. The molecular weight excluding hydrogens is 444 g/mol. The molecule has 0 spiro atoms. The van der Waals surface area contributed by atoms with Crippen molar-refractivity contribution in [3.8, 4) is 0 Å². The SMILES string of the molecule is CN1C(=O)C([N+](=O)[O-])=C(N2CCN(C(=O)c3ccc(Br)o3)CC2)C2CCCCC21. The summed E-state index contributed by atoms with van der Waals surface area (Å²) >= 11 is 3.20. The number of hydrogen-bond donors (Lipinski definition) is 0. The summed E-state index contributed by atoms with van der Waals surface area (Å²) in [5, 5.41) is 11.8. The molecule has 1 aliphatic carbocycles. The highest BCUT2D eigenvalue weighted by atomic mass is 79.9. The third-order valence-corrected chi connectivity index (χ3v) is 6.64. The lowest BCUT2D eigenvalue weighted by molar-refractivity contribution is -0.424. The van der Waals surface area contributed by atoms with E-state index in [1.165, 1.54) is 0 Å². The molecule has 2 atom stereocenters. The summed E-state index contributed by atoms with van der Waals surface area (Å²) in [4.78, 5) is 41.8. The van der Waals surface area contributed by atoms with Gasteiger partial charge in [-0.3, -0.25) is 19.7 Å². The normalized spacial score (nSPS) is 25.3. The van der Waals surface area contributed by atoms with Crippen LogP contribution in [0.5, 0.6) is 0 Å². The van der Waals surface area contributed by atoms with Gasteiger partial charge in [0.2, 0.25) is 0 Å². The van der Waals surface area contributed by atoms with Crippen molar-refractivity contribution in [3.05, 3.63) is 44.1 Å². The van der Waals surface area contributed by atoms with Crippen molar-refractivity contribution in [2.24, 2.45) is 5.92 Å². The van der Waals surface area contributed by atoms with Gasteiger partial charge in [-0.25, -0.2) is 0 Å². The molecule has 3 heterocycles. The number of halogens is 1. The van der Waals surface area contributed by atoms with E-state index >= 15 is 0 Å². The number of nitro groups is 1. The van der Waals surface area contributed by atoms with Gasteiger partial charge in [-0.1, -0.05) is 12.8 Å². The zero-order valence-electron chi connectivity index (χ0n) is 16.2. The molecule has 2 fully saturated rings. The first-order valence-electron chi connectivity index (χ1n) is 9.83. The van der Waals surface area contributed by atoms with Crippen molar-refractivity contribution < 1.29 is 18.9 Å². The number of nitrogens with zero attached hydrogens (tertiary/aromatic N) is 4. The van der Waals surface area contributed by atoms with Crippen LogP contribution in [0, 0.1) is 16.0 Å². The largest absolute Gasteiger partial charge is 0.444 e. The first-order chi connectivity index (χ1) is 13.9. The zero-order valence-corrected chi connectivity index (χ0v) is 17.8. The number of carbonyl (C=O) groups is 2. The predicted molar refractivity (Wildman–Crippen MR) is 106 cm³/mol. The van der Waals surface area contributed by atoms with Gasteiger partial charge >= 0.3 is 11.6 Å². The van der Waals surface area contributed by atoms with Gasteiger partial charge in [0.25, 0.3) is 5.91 Å². The van der Waals surface area contributed by atoms with Gasteiger partial charge in [-0.2, -0.15) is 0 Å². The molecule has 1 aromatic heterocycles. The van der Waals surface area contributed by atoms with Gasteiger partial charge in [0.15, 0.2) is 10.4 Å². The van der Waals surface area contributed by atoms with E-state index in [1.807, 2.05) is 4.90 Å². The molecule has 2 aliphatic heterocycles. The number of amides is 2.